The van der Waals surface area contributed by atoms with Crippen molar-refractivity contribution in [3.63, 3.8) is 0 Å². The number of hydrogen-bond acceptors (Lipinski definition) is 4. The second kappa shape index (κ2) is 3.76. The summed E-state index contributed by atoms with van der Waals surface area (Å²) < 4.78 is 29.8. The topological polar surface area (TPSA) is 66.7 Å². The molecule has 6 heteroatoms. The average molecular weight is 221 g/mol. The van der Waals surface area contributed by atoms with Gasteiger partial charge in [-0.15, -0.1) is 0 Å². The van der Waals surface area contributed by atoms with Gasteiger partial charge in [-0.25, -0.2) is 0 Å². The zero-order chi connectivity index (χ0) is 9.90. The second-order valence-corrected chi connectivity index (χ2v) is 3.78. The van der Waals surface area contributed by atoms with Gasteiger partial charge in [-0.3, -0.25) is 4.55 Å². The van der Waals surface area contributed by atoms with Crippen LogP contribution >= 0.6 is 12.2 Å². The van der Waals surface area contributed by atoms with Gasteiger partial charge in [-0.1, -0.05) is 0 Å². The first kappa shape index (κ1) is 10.0. The summed E-state index contributed by atoms with van der Waals surface area (Å²) in [6, 6.07) is 5.31. The van der Waals surface area contributed by atoms with E-state index in [-0.39, 0.29) is 4.90 Å². The highest BCUT2D eigenvalue weighted by Crippen LogP contribution is 2.15. The van der Waals surface area contributed by atoms with E-state index in [1.165, 1.54) is 24.3 Å². The summed E-state index contributed by atoms with van der Waals surface area (Å²) in [6.45, 7) is 0. The molecule has 0 saturated carbocycles. The fraction of sp³-hybridized carbons (Fsp3) is 0. The van der Waals surface area contributed by atoms with Crippen molar-refractivity contribution in [2.75, 3.05) is 0 Å². The molecule has 13 heavy (non-hydrogen) atoms. The van der Waals surface area contributed by atoms with Gasteiger partial charge < -0.3 is 0 Å². The molecular formula is C7H5NO3S2. The maximum Gasteiger partial charge on any atom is 0.294 e. The minimum absolute atomic E-state index is 0.171. The molecule has 0 spiro atoms. The van der Waals surface area contributed by atoms with E-state index in [2.05, 4.69) is 22.4 Å². The summed E-state index contributed by atoms with van der Waals surface area (Å²) in [5.41, 5.74) is 0.488. The number of rotatable bonds is 2. The molecule has 0 aliphatic rings. The van der Waals surface area contributed by atoms with Gasteiger partial charge in [0.05, 0.1) is 15.7 Å². The van der Waals surface area contributed by atoms with Crippen LogP contribution in [-0.2, 0) is 10.1 Å². The summed E-state index contributed by atoms with van der Waals surface area (Å²) in [7, 11) is -4.12. The molecule has 0 atom stereocenters. The predicted molar refractivity (Wildman–Crippen MR) is 50.9 cm³/mol. The molecule has 0 aliphatic heterocycles. The molecule has 1 aromatic rings. The second-order valence-electron chi connectivity index (χ2n) is 2.17. The molecule has 0 aliphatic carbocycles. The van der Waals surface area contributed by atoms with E-state index in [0.717, 1.165) is 0 Å². The van der Waals surface area contributed by atoms with Crippen molar-refractivity contribution in [2.45, 2.75) is 4.90 Å². The number of nitrogens with zero attached hydrogens (tertiary/aromatic N) is 1. The summed E-state index contributed by atoms with van der Waals surface area (Å²) in [4.78, 5) is 3.45. The van der Waals surface area contributed by atoms with Crippen molar-refractivity contribution in [3.05, 3.63) is 24.3 Å². The lowest BCUT2D eigenvalue weighted by Crippen LogP contribution is -1.96. The standard InChI is InChI=1S/C7H5NO3S2/c9-13(10,11)7-3-1-6(2-4-7)8-5-12/h1-4H,(H,9,10,11)/i1+1,2+1,3+1,4+1,6+1,7+1. The highest BCUT2D eigenvalue weighted by Gasteiger charge is 2.07. The zero-order valence-corrected chi connectivity index (χ0v) is 7.97. The van der Waals surface area contributed by atoms with Crippen LogP contribution < -0.4 is 0 Å². The number of isothiocyanates is 1. The minimum atomic E-state index is -4.12. The van der Waals surface area contributed by atoms with Gasteiger partial charge in [0.1, 0.15) is 0 Å². The molecule has 0 aromatic heterocycles. The van der Waals surface area contributed by atoms with E-state index < -0.39 is 10.1 Å². The largest absolute Gasteiger partial charge is 0.294 e. The van der Waals surface area contributed by atoms with E-state index >= 15 is 0 Å². The molecule has 0 unspecified atom stereocenters. The third kappa shape index (κ3) is 2.71. The van der Waals surface area contributed by atoms with Crippen molar-refractivity contribution in [3.8, 4) is 0 Å². The predicted octanol–water partition coefficient (Wildman–Crippen LogP) is 1.67. The van der Waals surface area contributed by atoms with E-state index in [9.17, 15) is 8.42 Å². The zero-order valence-electron chi connectivity index (χ0n) is 6.34. The number of aliphatic imine (C=N–C) groups is 1. The average Bonchev–Trinajstić information content (AvgIpc) is 2.04. The monoisotopic (exact) mass is 221 g/mol. The maximum absolute atomic E-state index is 10.6. The summed E-state index contributed by atoms with van der Waals surface area (Å²) in [5, 5.41) is 2.14. The Morgan fingerprint density at radius 3 is 2.23 bits per heavy atom. The Morgan fingerprint density at radius 1 is 1.31 bits per heavy atom. The Bertz CT molecular complexity index is 443. The van der Waals surface area contributed by atoms with Gasteiger partial charge in [-0.2, -0.15) is 13.4 Å². The quantitative estimate of drug-likeness (QED) is 0.468. The van der Waals surface area contributed by atoms with Crippen molar-refractivity contribution < 1.29 is 13.0 Å². The Balaban J connectivity index is 3.15. The number of hydrogen-bond donors (Lipinski definition) is 1. The van der Waals surface area contributed by atoms with Gasteiger partial charge >= 0.3 is 0 Å². The molecule has 0 bridgehead atoms. The smallest absolute Gasteiger partial charge is 0.282 e. The van der Waals surface area contributed by atoms with Crippen LogP contribution in [0.5, 0.6) is 0 Å². The summed E-state index contributed by atoms with van der Waals surface area (Å²) >= 11 is 4.36. The van der Waals surface area contributed by atoms with Crippen LogP contribution in [0.25, 0.3) is 0 Å². The molecule has 0 saturated heterocycles. The molecule has 4 nitrogen and oxygen atoms in total. The van der Waals surface area contributed by atoms with Crippen LogP contribution in [0.15, 0.2) is 34.2 Å². The van der Waals surface area contributed by atoms with E-state index in [4.69, 9.17) is 4.55 Å². The lowest BCUT2D eigenvalue weighted by molar-refractivity contribution is 0.483. The van der Waals surface area contributed by atoms with Crippen LogP contribution in [0.2, 0.25) is 0 Å². The van der Waals surface area contributed by atoms with Crippen LogP contribution in [0.4, 0.5) is 5.69 Å². The molecule has 1 N–H and O–H groups in total. The number of thiocarbonyl (C=S) groups is 1. The Labute approximate surface area is 80.7 Å². The third-order valence-corrected chi connectivity index (χ3v) is 2.27. The van der Waals surface area contributed by atoms with Crippen LogP contribution in [0, 0.1) is 0 Å². The molecule has 0 fully saturated rings. The number of benzene rings is 1. The highest BCUT2D eigenvalue weighted by atomic mass is 32.2. The SMILES string of the molecule is O=S(=O)(O)[13c]1[13cH][13cH][13c](N=C=S)[13cH][13cH]1. The van der Waals surface area contributed by atoms with E-state index in [1.807, 2.05) is 0 Å². The van der Waals surface area contributed by atoms with Crippen LogP contribution in [-0.4, -0.2) is 18.1 Å². The van der Waals surface area contributed by atoms with Gasteiger partial charge in [-0.05, 0) is 36.5 Å². The fourth-order valence-corrected chi connectivity index (χ4v) is 1.33. The van der Waals surface area contributed by atoms with Gasteiger partial charge in [0, 0.05) is 0 Å². The Kier molecular flexibility index (Phi) is 2.90. The van der Waals surface area contributed by atoms with E-state index in [0.29, 0.717) is 5.69 Å². The molecular weight excluding hydrogens is 216 g/mol. The van der Waals surface area contributed by atoms with Crippen molar-refractivity contribution in [1.29, 1.82) is 0 Å². The molecule has 0 amide bonds. The first-order valence-corrected chi connectivity index (χ1v) is 5.04. The van der Waals surface area contributed by atoms with Crippen molar-refractivity contribution >= 4 is 33.2 Å². The molecule has 0 heterocycles. The Morgan fingerprint density at radius 2 is 1.85 bits per heavy atom. The Hall–Kier alpha value is -1.07. The first-order chi connectivity index (χ1) is 6.04. The highest BCUT2D eigenvalue weighted by molar-refractivity contribution is 7.85. The lowest BCUT2D eigenvalue weighted by atomic mass is 11.3. The molecule has 0 radical (unpaired) electrons. The molecule has 68 valence electrons. The molecule has 1 rings (SSSR count). The van der Waals surface area contributed by atoms with Crippen molar-refractivity contribution in [2.24, 2.45) is 4.99 Å². The van der Waals surface area contributed by atoms with E-state index in [1.54, 1.807) is 0 Å². The third-order valence-electron chi connectivity index (χ3n) is 1.31. The van der Waals surface area contributed by atoms with Crippen LogP contribution in [0.3, 0.4) is 0 Å². The summed E-state index contributed by atoms with van der Waals surface area (Å²) in [5.74, 6) is 0. The van der Waals surface area contributed by atoms with Gasteiger partial charge in [0.15, 0.2) is 0 Å². The van der Waals surface area contributed by atoms with Crippen molar-refractivity contribution in [1.82, 2.24) is 0 Å². The first-order valence-electron chi connectivity index (χ1n) is 3.19. The fourth-order valence-electron chi connectivity index (χ4n) is 0.745. The lowest BCUT2D eigenvalue weighted by Gasteiger charge is -1.95. The van der Waals surface area contributed by atoms with Gasteiger partial charge in [0.2, 0.25) is 0 Å². The maximum atomic E-state index is 10.6. The van der Waals surface area contributed by atoms with Gasteiger partial charge in [0.25, 0.3) is 10.1 Å². The molecule has 1 aromatic carbocycles. The summed E-state index contributed by atoms with van der Waals surface area (Å²) in [6.07, 6.45) is 0. The normalized spacial score (nSPS) is 10.5. The van der Waals surface area contributed by atoms with Crippen LogP contribution in [0.1, 0.15) is 0 Å². The minimum Gasteiger partial charge on any atom is -0.282 e.